The van der Waals surface area contributed by atoms with Crippen molar-refractivity contribution in [3.05, 3.63) is 17.3 Å². The standard InChI is InChI=1S/C16H21ClF2N4O2/c1-22(15(24)10-25-14-3-2-13(17)20-21-14)12-4-6-23(7-5-12)9-11-8-16(11,18)19/h2-3,11-12H,4-10H2,1H3. The molecule has 0 aromatic carbocycles. The van der Waals surface area contributed by atoms with E-state index in [1.807, 2.05) is 0 Å². The summed E-state index contributed by atoms with van der Waals surface area (Å²) in [7, 11) is 1.74. The zero-order valence-electron chi connectivity index (χ0n) is 14.0. The number of piperidine rings is 1. The lowest BCUT2D eigenvalue weighted by Gasteiger charge is -2.36. The van der Waals surface area contributed by atoms with Gasteiger partial charge in [-0.3, -0.25) is 4.79 Å². The largest absolute Gasteiger partial charge is 0.466 e. The Balaban J connectivity index is 1.40. The number of nitrogens with zero attached hydrogens (tertiary/aromatic N) is 4. The number of carbonyl (C=O) groups is 1. The fraction of sp³-hybridized carbons (Fsp3) is 0.688. The Kier molecular flexibility index (Phi) is 5.38. The molecule has 1 unspecified atom stereocenters. The number of likely N-dealkylation sites (tertiary alicyclic amines) is 1. The predicted octanol–water partition coefficient (Wildman–Crippen LogP) is 2.09. The second-order valence-corrected chi connectivity index (χ2v) is 7.07. The van der Waals surface area contributed by atoms with E-state index in [0.717, 1.165) is 25.9 Å². The molecule has 138 valence electrons. The number of ether oxygens (including phenoxy) is 1. The normalized spacial score (nSPS) is 23.3. The van der Waals surface area contributed by atoms with Gasteiger partial charge in [-0.15, -0.1) is 10.2 Å². The molecule has 2 fully saturated rings. The van der Waals surface area contributed by atoms with Gasteiger partial charge < -0.3 is 14.5 Å². The maximum absolute atomic E-state index is 13.0. The van der Waals surface area contributed by atoms with E-state index in [-0.39, 0.29) is 36.0 Å². The van der Waals surface area contributed by atoms with Crippen LogP contribution in [0.5, 0.6) is 5.88 Å². The van der Waals surface area contributed by atoms with Gasteiger partial charge >= 0.3 is 0 Å². The van der Waals surface area contributed by atoms with Crippen molar-refractivity contribution in [3.8, 4) is 5.88 Å². The maximum atomic E-state index is 13.0. The number of carbonyl (C=O) groups excluding carboxylic acids is 1. The van der Waals surface area contributed by atoms with Crippen molar-refractivity contribution in [1.82, 2.24) is 20.0 Å². The molecule has 1 aromatic heterocycles. The van der Waals surface area contributed by atoms with Gasteiger partial charge in [0.05, 0.1) is 0 Å². The first kappa shape index (κ1) is 18.3. The number of hydrogen-bond donors (Lipinski definition) is 0. The molecule has 0 N–H and O–H groups in total. The summed E-state index contributed by atoms with van der Waals surface area (Å²) in [5.74, 6) is -2.86. The van der Waals surface area contributed by atoms with Crippen molar-refractivity contribution < 1.29 is 18.3 Å². The van der Waals surface area contributed by atoms with Crippen LogP contribution in [-0.2, 0) is 4.79 Å². The number of aromatic nitrogens is 2. The highest BCUT2D eigenvalue weighted by Gasteiger charge is 2.57. The first-order valence-electron chi connectivity index (χ1n) is 8.33. The van der Waals surface area contributed by atoms with Crippen LogP contribution in [0.25, 0.3) is 0 Å². The Morgan fingerprint density at radius 3 is 2.64 bits per heavy atom. The summed E-state index contributed by atoms with van der Waals surface area (Å²) in [4.78, 5) is 16.0. The fourth-order valence-electron chi connectivity index (χ4n) is 3.09. The Labute approximate surface area is 150 Å². The number of alkyl halides is 2. The third-order valence-electron chi connectivity index (χ3n) is 4.88. The molecule has 2 aliphatic rings. The molecule has 2 heterocycles. The lowest BCUT2D eigenvalue weighted by atomic mass is 10.0. The number of amides is 1. The minimum absolute atomic E-state index is 0.0102. The quantitative estimate of drug-likeness (QED) is 0.763. The third kappa shape index (κ3) is 4.76. The molecule has 0 radical (unpaired) electrons. The van der Waals surface area contributed by atoms with Crippen molar-refractivity contribution >= 4 is 17.5 Å². The van der Waals surface area contributed by atoms with Gasteiger partial charge in [-0.2, -0.15) is 0 Å². The molecule has 9 heteroatoms. The van der Waals surface area contributed by atoms with Crippen LogP contribution in [-0.4, -0.2) is 71.2 Å². The van der Waals surface area contributed by atoms with Crippen LogP contribution in [0.4, 0.5) is 8.78 Å². The zero-order valence-corrected chi connectivity index (χ0v) is 14.8. The molecule has 1 saturated carbocycles. The Morgan fingerprint density at radius 1 is 1.40 bits per heavy atom. The molecular formula is C16H21ClF2N4O2. The van der Waals surface area contributed by atoms with E-state index in [4.69, 9.17) is 16.3 Å². The van der Waals surface area contributed by atoms with E-state index >= 15 is 0 Å². The molecular weight excluding hydrogens is 354 g/mol. The van der Waals surface area contributed by atoms with Gasteiger partial charge in [0, 0.05) is 51.1 Å². The Morgan fingerprint density at radius 2 is 2.08 bits per heavy atom. The van der Waals surface area contributed by atoms with Gasteiger partial charge in [0.25, 0.3) is 11.8 Å². The average Bonchev–Trinajstić information content (AvgIpc) is 3.20. The summed E-state index contributed by atoms with van der Waals surface area (Å²) in [6.45, 7) is 1.80. The van der Waals surface area contributed by atoms with Crippen LogP contribution >= 0.6 is 11.6 Å². The minimum atomic E-state index is -2.47. The molecule has 1 aromatic rings. The average molecular weight is 375 g/mol. The summed E-state index contributed by atoms with van der Waals surface area (Å²) in [5.41, 5.74) is 0. The summed E-state index contributed by atoms with van der Waals surface area (Å²) >= 11 is 5.64. The monoisotopic (exact) mass is 374 g/mol. The van der Waals surface area contributed by atoms with Crippen LogP contribution in [0, 0.1) is 5.92 Å². The molecule has 0 bridgehead atoms. The van der Waals surface area contributed by atoms with Crippen LogP contribution in [0.15, 0.2) is 12.1 Å². The molecule has 3 rings (SSSR count). The second kappa shape index (κ2) is 7.37. The van der Waals surface area contributed by atoms with Gasteiger partial charge in [0.1, 0.15) is 0 Å². The maximum Gasteiger partial charge on any atom is 0.260 e. The number of rotatable bonds is 6. The topological polar surface area (TPSA) is 58.6 Å². The van der Waals surface area contributed by atoms with Crippen molar-refractivity contribution in [2.24, 2.45) is 5.92 Å². The van der Waals surface area contributed by atoms with Gasteiger partial charge in [-0.05, 0) is 18.9 Å². The first-order valence-corrected chi connectivity index (χ1v) is 8.71. The summed E-state index contributed by atoms with van der Waals surface area (Å²) in [6.07, 6.45) is 1.57. The van der Waals surface area contributed by atoms with Gasteiger partial charge in [0.15, 0.2) is 11.8 Å². The second-order valence-electron chi connectivity index (χ2n) is 6.68. The van der Waals surface area contributed by atoms with E-state index in [0.29, 0.717) is 6.54 Å². The number of halogens is 3. The molecule has 1 amide bonds. The van der Waals surface area contributed by atoms with Crippen molar-refractivity contribution in [2.75, 3.05) is 33.3 Å². The predicted molar refractivity (Wildman–Crippen MR) is 87.8 cm³/mol. The highest BCUT2D eigenvalue weighted by Crippen LogP contribution is 2.49. The lowest BCUT2D eigenvalue weighted by Crippen LogP contribution is -2.47. The van der Waals surface area contributed by atoms with Crippen molar-refractivity contribution in [1.29, 1.82) is 0 Å². The van der Waals surface area contributed by atoms with E-state index in [1.54, 1.807) is 18.0 Å². The molecule has 0 spiro atoms. The smallest absolute Gasteiger partial charge is 0.260 e. The molecule has 25 heavy (non-hydrogen) atoms. The number of likely N-dealkylation sites (N-methyl/N-ethyl adjacent to an activating group) is 1. The van der Waals surface area contributed by atoms with Crippen LogP contribution in [0.1, 0.15) is 19.3 Å². The Bertz CT molecular complexity index is 609. The highest BCUT2D eigenvalue weighted by atomic mass is 35.5. The minimum Gasteiger partial charge on any atom is -0.466 e. The lowest BCUT2D eigenvalue weighted by molar-refractivity contribution is -0.135. The first-order chi connectivity index (χ1) is 11.8. The van der Waals surface area contributed by atoms with Crippen molar-refractivity contribution in [2.45, 2.75) is 31.2 Å². The Hall–Kier alpha value is -1.54. The van der Waals surface area contributed by atoms with E-state index in [1.165, 1.54) is 6.07 Å². The molecule has 6 nitrogen and oxygen atoms in total. The third-order valence-corrected chi connectivity index (χ3v) is 5.09. The van der Waals surface area contributed by atoms with Gasteiger partial charge in [0.2, 0.25) is 5.88 Å². The molecule has 1 atom stereocenters. The molecule has 1 aliphatic heterocycles. The highest BCUT2D eigenvalue weighted by molar-refractivity contribution is 6.29. The number of hydrogen-bond acceptors (Lipinski definition) is 5. The van der Waals surface area contributed by atoms with E-state index in [9.17, 15) is 13.6 Å². The van der Waals surface area contributed by atoms with Gasteiger partial charge in [-0.25, -0.2) is 8.78 Å². The van der Waals surface area contributed by atoms with Crippen molar-refractivity contribution in [3.63, 3.8) is 0 Å². The summed E-state index contributed by atoms with van der Waals surface area (Å²) in [6, 6.07) is 3.19. The summed E-state index contributed by atoms with van der Waals surface area (Å²) in [5, 5.41) is 7.64. The SMILES string of the molecule is CN(C(=O)COc1ccc(Cl)nn1)C1CCN(CC2CC2(F)F)CC1. The van der Waals surface area contributed by atoms with Crippen LogP contribution in [0.3, 0.4) is 0 Å². The van der Waals surface area contributed by atoms with Crippen LogP contribution < -0.4 is 4.74 Å². The van der Waals surface area contributed by atoms with Gasteiger partial charge in [-0.1, -0.05) is 11.6 Å². The fourth-order valence-corrected chi connectivity index (χ4v) is 3.19. The zero-order chi connectivity index (χ0) is 18.0. The van der Waals surface area contributed by atoms with E-state index in [2.05, 4.69) is 15.1 Å². The van der Waals surface area contributed by atoms with Crippen LogP contribution in [0.2, 0.25) is 5.15 Å². The molecule has 1 saturated heterocycles. The van der Waals surface area contributed by atoms with E-state index < -0.39 is 11.8 Å². The molecule has 1 aliphatic carbocycles. The summed E-state index contributed by atoms with van der Waals surface area (Å²) < 4.78 is 31.3.